The van der Waals surface area contributed by atoms with E-state index >= 15 is 0 Å². The number of aliphatic carboxylic acids is 1. The fourth-order valence-electron chi connectivity index (χ4n) is 2.84. The molecule has 170 valence electrons. The van der Waals surface area contributed by atoms with Crippen molar-refractivity contribution in [2.45, 2.75) is 78.7 Å². The number of benzene rings is 1. The standard InChI is InChI=1S/C21H35N2O6P/c1-14(2)12-19(21(25)26)22-20(24)18(13-17-10-8-7-9-11-17)23-30(27,28-15(3)4)29-16(5)6/h7-11,14-16,18-19H,12-13H2,1-6H3,(H,22,24)(H,23,27)(H,25,26)/t18-,19-/m0/s1. The van der Waals surface area contributed by atoms with Gasteiger partial charge in [0.15, 0.2) is 0 Å². The van der Waals surface area contributed by atoms with Gasteiger partial charge in [0.25, 0.3) is 0 Å². The van der Waals surface area contributed by atoms with Gasteiger partial charge >= 0.3 is 13.7 Å². The van der Waals surface area contributed by atoms with Crippen molar-refractivity contribution >= 4 is 19.6 Å². The highest BCUT2D eigenvalue weighted by Crippen LogP contribution is 2.47. The number of carboxylic acid groups (broad SMARTS) is 1. The summed E-state index contributed by atoms with van der Waals surface area (Å²) in [6, 6.07) is 7.13. The van der Waals surface area contributed by atoms with Gasteiger partial charge in [-0.15, -0.1) is 0 Å². The highest BCUT2D eigenvalue weighted by Gasteiger charge is 2.35. The zero-order valence-corrected chi connectivity index (χ0v) is 19.5. The Labute approximate surface area is 179 Å². The minimum atomic E-state index is -3.83. The molecule has 30 heavy (non-hydrogen) atoms. The quantitative estimate of drug-likeness (QED) is 0.399. The highest BCUT2D eigenvalue weighted by molar-refractivity contribution is 7.51. The molecule has 0 aliphatic heterocycles. The summed E-state index contributed by atoms with van der Waals surface area (Å²) in [4.78, 5) is 24.6. The van der Waals surface area contributed by atoms with Crippen molar-refractivity contribution in [1.82, 2.24) is 10.4 Å². The first-order chi connectivity index (χ1) is 13.9. The van der Waals surface area contributed by atoms with Crippen molar-refractivity contribution < 1.29 is 28.3 Å². The summed E-state index contributed by atoms with van der Waals surface area (Å²) in [5.74, 6) is -1.62. The molecule has 3 N–H and O–H groups in total. The normalized spacial score (nSPS) is 14.2. The zero-order valence-electron chi connectivity index (χ0n) is 18.6. The van der Waals surface area contributed by atoms with E-state index < -0.39 is 43.9 Å². The predicted molar refractivity (Wildman–Crippen MR) is 116 cm³/mol. The molecule has 9 heteroatoms. The van der Waals surface area contributed by atoms with E-state index in [1.54, 1.807) is 27.7 Å². The van der Waals surface area contributed by atoms with Crippen LogP contribution in [0.1, 0.15) is 53.5 Å². The highest BCUT2D eigenvalue weighted by atomic mass is 31.2. The molecule has 1 rings (SSSR count). The summed E-state index contributed by atoms with van der Waals surface area (Å²) >= 11 is 0. The van der Waals surface area contributed by atoms with Gasteiger partial charge in [-0.3, -0.25) is 13.8 Å². The molecule has 0 bridgehead atoms. The molecule has 0 aliphatic carbocycles. The van der Waals surface area contributed by atoms with Crippen LogP contribution in [0.25, 0.3) is 0 Å². The van der Waals surface area contributed by atoms with Crippen molar-refractivity contribution in [2.75, 3.05) is 0 Å². The van der Waals surface area contributed by atoms with Crippen molar-refractivity contribution in [3.8, 4) is 0 Å². The lowest BCUT2D eigenvalue weighted by atomic mass is 10.0. The van der Waals surface area contributed by atoms with E-state index in [1.807, 2.05) is 44.2 Å². The second-order valence-corrected chi connectivity index (χ2v) is 9.88. The summed E-state index contributed by atoms with van der Waals surface area (Å²) in [6.07, 6.45) is -0.347. The number of hydrogen-bond donors (Lipinski definition) is 3. The summed E-state index contributed by atoms with van der Waals surface area (Å²) in [5.41, 5.74) is 0.821. The third kappa shape index (κ3) is 9.85. The number of carbonyl (C=O) groups excluding carboxylic acids is 1. The average molecular weight is 442 g/mol. The molecule has 0 heterocycles. The Kier molecular flexibility index (Phi) is 10.7. The Balaban J connectivity index is 3.14. The molecule has 0 unspecified atom stereocenters. The molecular weight excluding hydrogens is 407 g/mol. The molecule has 0 radical (unpaired) electrons. The number of rotatable bonds is 13. The molecule has 1 amide bonds. The van der Waals surface area contributed by atoms with Crippen molar-refractivity contribution in [2.24, 2.45) is 5.92 Å². The maximum atomic E-state index is 13.3. The lowest BCUT2D eigenvalue weighted by Crippen LogP contribution is -2.51. The first kappa shape index (κ1) is 26.3. The Hall–Kier alpha value is -1.73. The second kappa shape index (κ2) is 12.2. The van der Waals surface area contributed by atoms with Crippen LogP contribution < -0.4 is 10.4 Å². The van der Waals surface area contributed by atoms with Crippen LogP contribution in [0.4, 0.5) is 0 Å². The van der Waals surface area contributed by atoms with Crippen LogP contribution in [-0.4, -0.2) is 41.3 Å². The van der Waals surface area contributed by atoms with E-state index in [0.717, 1.165) is 5.56 Å². The number of carboxylic acids is 1. The van der Waals surface area contributed by atoms with Crippen LogP contribution in [-0.2, 0) is 29.6 Å². The molecule has 2 atom stereocenters. The van der Waals surface area contributed by atoms with Crippen LogP contribution in [0, 0.1) is 5.92 Å². The summed E-state index contributed by atoms with van der Waals surface area (Å²) < 4.78 is 24.3. The predicted octanol–water partition coefficient (Wildman–Crippen LogP) is 3.76. The first-order valence-electron chi connectivity index (χ1n) is 10.2. The third-order valence-corrected chi connectivity index (χ3v) is 5.96. The van der Waals surface area contributed by atoms with E-state index in [9.17, 15) is 19.3 Å². The SMILES string of the molecule is CC(C)C[C@H](NC(=O)[C@H](Cc1ccccc1)NP(=O)(OC(C)C)OC(C)C)C(=O)O. The van der Waals surface area contributed by atoms with Gasteiger partial charge in [-0.05, 0) is 52.0 Å². The number of carbonyl (C=O) groups is 2. The van der Waals surface area contributed by atoms with Crippen LogP contribution in [0.5, 0.6) is 0 Å². The summed E-state index contributed by atoms with van der Waals surface area (Å²) in [7, 11) is -3.83. The monoisotopic (exact) mass is 442 g/mol. The van der Waals surface area contributed by atoms with Gasteiger partial charge in [-0.2, -0.15) is 0 Å². The Morgan fingerprint density at radius 2 is 1.50 bits per heavy atom. The molecule has 0 fully saturated rings. The zero-order chi connectivity index (χ0) is 22.9. The average Bonchev–Trinajstić information content (AvgIpc) is 2.59. The Bertz CT molecular complexity index is 709. The van der Waals surface area contributed by atoms with Crippen LogP contribution >= 0.6 is 7.75 Å². The van der Waals surface area contributed by atoms with E-state index in [-0.39, 0.29) is 18.8 Å². The molecule has 1 aromatic rings. The van der Waals surface area contributed by atoms with Gasteiger partial charge in [0, 0.05) is 0 Å². The number of nitrogens with one attached hydrogen (secondary N) is 2. The van der Waals surface area contributed by atoms with Gasteiger partial charge in [0.2, 0.25) is 5.91 Å². The van der Waals surface area contributed by atoms with Crippen LogP contribution in [0.2, 0.25) is 0 Å². The summed E-state index contributed by atoms with van der Waals surface area (Å²) in [5, 5.41) is 14.8. The van der Waals surface area contributed by atoms with E-state index in [1.165, 1.54) is 0 Å². The first-order valence-corrected chi connectivity index (χ1v) is 11.8. The molecule has 8 nitrogen and oxygen atoms in total. The summed E-state index contributed by atoms with van der Waals surface area (Å²) in [6.45, 7) is 10.6. The molecule has 0 saturated heterocycles. The lowest BCUT2D eigenvalue weighted by molar-refractivity contribution is -0.142. The smallest absolute Gasteiger partial charge is 0.406 e. The topological polar surface area (TPSA) is 114 Å². The largest absolute Gasteiger partial charge is 0.480 e. The number of hydrogen-bond acceptors (Lipinski definition) is 5. The molecular formula is C21H35N2O6P. The van der Waals surface area contributed by atoms with E-state index in [2.05, 4.69) is 10.4 Å². The minimum absolute atomic E-state index is 0.0755. The van der Waals surface area contributed by atoms with Gasteiger partial charge in [0.05, 0.1) is 12.2 Å². The Morgan fingerprint density at radius 3 is 1.93 bits per heavy atom. The van der Waals surface area contributed by atoms with Gasteiger partial charge in [0.1, 0.15) is 12.1 Å². The van der Waals surface area contributed by atoms with Gasteiger partial charge in [-0.1, -0.05) is 44.2 Å². The maximum Gasteiger partial charge on any atom is 0.406 e. The maximum absolute atomic E-state index is 13.3. The molecule has 0 aliphatic rings. The molecule has 1 aromatic carbocycles. The van der Waals surface area contributed by atoms with Crippen molar-refractivity contribution in [1.29, 1.82) is 0 Å². The van der Waals surface area contributed by atoms with Crippen LogP contribution in [0.15, 0.2) is 30.3 Å². The minimum Gasteiger partial charge on any atom is -0.480 e. The Morgan fingerprint density at radius 1 is 0.967 bits per heavy atom. The lowest BCUT2D eigenvalue weighted by Gasteiger charge is -2.28. The molecule has 0 aromatic heterocycles. The molecule has 0 spiro atoms. The molecule has 0 saturated carbocycles. The van der Waals surface area contributed by atoms with Gasteiger partial charge in [-0.25, -0.2) is 14.4 Å². The fourth-order valence-corrected chi connectivity index (χ4v) is 4.72. The van der Waals surface area contributed by atoms with E-state index in [4.69, 9.17) is 9.05 Å². The van der Waals surface area contributed by atoms with Crippen molar-refractivity contribution in [3.63, 3.8) is 0 Å². The second-order valence-electron chi connectivity index (χ2n) is 8.21. The van der Waals surface area contributed by atoms with E-state index in [0.29, 0.717) is 0 Å². The fraction of sp³-hybridized carbons (Fsp3) is 0.619. The van der Waals surface area contributed by atoms with Gasteiger partial charge < -0.3 is 10.4 Å². The van der Waals surface area contributed by atoms with Crippen LogP contribution in [0.3, 0.4) is 0 Å². The van der Waals surface area contributed by atoms with Crippen molar-refractivity contribution in [3.05, 3.63) is 35.9 Å². The third-order valence-electron chi connectivity index (χ3n) is 3.93. The number of amides is 1.